The number of nitrogens with zero attached hydrogens (tertiary/aromatic N) is 3. The maximum absolute atomic E-state index is 12.9. The average Bonchev–Trinajstić information content (AvgIpc) is 3.30. The van der Waals surface area contributed by atoms with Crippen molar-refractivity contribution < 1.29 is 4.79 Å². The fraction of sp³-hybridized carbons (Fsp3) is 0.474. The van der Waals surface area contributed by atoms with Crippen LogP contribution in [0.2, 0.25) is 0 Å². The smallest absolute Gasteiger partial charge is 0.322 e. The van der Waals surface area contributed by atoms with E-state index in [1.54, 1.807) is 12.5 Å². The number of nitrogens with one attached hydrogen (secondary N) is 1. The minimum atomic E-state index is 0.0128. The number of carbonyl (C=O) groups excluding carboxylic acids is 1. The Morgan fingerprint density at radius 1 is 1.33 bits per heavy atom. The predicted octanol–water partition coefficient (Wildman–Crippen LogP) is 3.31. The number of hydrogen-bond donors (Lipinski definition) is 1. The topological polar surface area (TPSA) is 50.2 Å². The van der Waals surface area contributed by atoms with Crippen molar-refractivity contribution in [2.75, 3.05) is 11.4 Å². The molecule has 0 saturated heterocycles. The Hall–Kier alpha value is -2.30. The molecule has 0 bridgehead atoms. The summed E-state index contributed by atoms with van der Waals surface area (Å²) < 4.78 is 1.99. The van der Waals surface area contributed by atoms with Gasteiger partial charge in [-0.25, -0.2) is 9.78 Å². The molecule has 126 valence electrons. The maximum Gasteiger partial charge on any atom is 0.322 e. The number of anilines is 1. The molecule has 5 nitrogen and oxygen atoms in total. The summed E-state index contributed by atoms with van der Waals surface area (Å²) in [7, 11) is 0. The first-order chi connectivity index (χ1) is 11.7. The van der Waals surface area contributed by atoms with Crippen molar-refractivity contribution in [3.05, 3.63) is 48.5 Å². The molecule has 1 spiro atoms. The number of benzene rings is 1. The van der Waals surface area contributed by atoms with Crippen LogP contribution in [0.25, 0.3) is 0 Å². The van der Waals surface area contributed by atoms with Gasteiger partial charge >= 0.3 is 6.03 Å². The highest BCUT2D eigenvalue weighted by Gasteiger charge is 2.46. The number of hydrogen-bond acceptors (Lipinski definition) is 2. The molecule has 1 aliphatic carbocycles. The van der Waals surface area contributed by atoms with Crippen LogP contribution in [0.15, 0.2) is 43.0 Å². The Morgan fingerprint density at radius 2 is 2.12 bits per heavy atom. The van der Waals surface area contributed by atoms with Crippen LogP contribution in [-0.4, -0.2) is 28.2 Å². The number of para-hydroxylation sites is 1. The highest BCUT2D eigenvalue weighted by molar-refractivity contribution is 5.95. The summed E-state index contributed by atoms with van der Waals surface area (Å²) >= 11 is 0. The third-order valence-corrected chi connectivity index (χ3v) is 5.45. The first-order valence-electron chi connectivity index (χ1n) is 8.81. The Labute approximate surface area is 142 Å². The standard InChI is InChI=1S/C19H24N4O/c1-15(12-22-11-10-20-14-22)21-18(24)23-13-19(8-4-5-9-19)16-6-2-3-7-17(16)23/h2-3,6-7,10-11,14-15H,4-5,8-9,12-13H2,1H3,(H,21,24)/t15-/m0/s1. The largest absolute Gasteiger partial charge is 0.335 e. The van der Waals surface area contributed by atoms with Gasteiger partial charge in [-0.2, -0.15) is 0 Å². The lowest BCUT2D eigenvalue weighted by atomic mass is 9.81. The summed E-state index contributed by atoms with van der Waals surface area (Å²) in [5.41, 5.74) is 2.63. The van der Waals surface area contributed by atoms with Gasteiger partial charge in [-0.05, 0) is 31.4 Å². The quantitative estimate of drug-likeness (QED) is 0.941. The second-order valence-electron chi connectivity index (χ2n) is 7.20. The minimum absolute atomic E-state index is 0.0128. The van der Waals surface area contributed by atoms with Crippen LogP contribution in [0.1, 0.15) is 38.2 Å². The zero-order chi connectivity index (χ0) is 16.6. The summed E-state index contributed by atoms with van der Waals surface area (Å²) in [5.74, 6) is 0. The summed E-state index contributed by atoms with van der Waals surface area (Å²) in [6, 6.07) is 8.49. The number of imidazole rings is 1. The molecule has 5 heteroatoms. The zero-order valence-corrected chi connectivity index (χ0v) is 14.1. The monoisotopic (exact) mass is 324 g/mol. The van der Waals surface area contributed by atoms with E-state index in [1.165, 1.54) is 31.2 Å². The number of amides is 2. The van der Waals surface area contributed by atoms with Gasteiger partial charge in [0.25, 0.3) is 0 Å². The van der Waals surface area contributed by atoms with Crippen LogP contribution in [0.5, 0.6) is 0 Å². The fourth-order valence-corrected chi connectivity index (χ4v) is 4.34. The van der Waals surface area contributed by atoms with Gasteiger partial charge in [-0.1, -0.05) is 31.0 Å². The Morgan fingerprint density at radius 3 is 2.88 bits per heavy atom. The molecule has 4 rings (SSSR count). The molecule has 2 heterocycles. The van der Waals surface area contributed by atoms with Crippen molar-refractivity contribution in [2.24, 2.45) is 0 Å². The van der Waals surface area contributed by atoms with E-state index in [4.69, 9.17) is 0 Å². The Kier molecular flexibility index (Phi) is 3.79. The van der Waals surface area contributed by atoms with E-state index >= 15 is 0 Å². The van der Waals surface area contributed by atoms with Gasteiger partial charge in [-0.3, -0.25) is 4.90 Å². The first-order valence-corrected chi connectivity index (χ1v) is 8.81. The van der Waals surface area contributed by atoms with Gasteiger partial charge < -0.3 is 9.88 Å². The van der Waals surface area contributed by atoms with Crippen LogP contribution in [0.3, 0.4) is 0 Å². The molecule has 2 aromatic rings. The van der Waals surface area contributed by atoms with E-state index in [1.807, 2.05) is 28.7 Å². The molecule has 1 aromatic carbocycles. The van der Waals surface area contributed by atoms with E-state index in [0.29, 0.717) is 0 Å². The number of carbonyl (C=O) groups is 1. The molecule has 1 fully saturated rings. The van der Waals surface area contributed by atoms with Gasteiger partial charge in [-0.15, -0.1) is 0 Å². The Balaban J connectivity index is 1.51. The summed E-state index contributed by atoms with van der Waals surface area (Å²) in [5, 5.41) is 3.15. The van der Waals surface area contributed by atoms with E-state index in [-0.39, 0.29) is 17.5 Å². The molecular formula is C19H24N4O. The fourth-order valence-electron chi connectivity index (χ4n) is 4.34. The van der Waals surface area contributed by atoms with Gasteiger partial charge in [0.1, 0.15) is 0 Å². The molecule has 1 atom stereocenters. The molecule has 2 amide bonds. The summed E-state index contributed by atoms with van der Waals surface area (Å²) in [4.78, 5) is 18.9. The second-order valence-corrected chi connectivity index (χ2v) is 7.20. The first kappa shape index (κ1) is 15.2. The molecule has 1 N–H and O–H groups in total. The van der Waals surface area contributed by atoms with Crippen molar-refractivity contribution >= 4 is 11.7 Å². The molecule has 1 aliphatic heterocycles. The lowest BCUT2D eigenvalue weighted by Gasteiger charge is -2.26. The molecule has 24 heavy (non-hydrogen) atoms. The maximum atomic E-state index is 12.9. The van der Waals surface area contributed by atoms with Crippen molar-refractivity contribution in [1.29, 1.82) is 0 Å². The van der Waals surface area contributed by atoms with Crippen molar-refractivity contribution in [2.45, 2.75) is 50.6 Å². The van der Waals surface area contributed by atoms with Gasteiger partial charge in [0.15, 0.2) is 0 Å². The SMILES string of the molecule is C[C@@H](Cn1ccnc1)NC(=O)N1CC2(CCCC2)c2ccccc21. The molecule has 1 saturated carbocycles. The number of aromatic nitrogens is 2. The van der Waals surface area contributed by atoms with E-state index in [2.05, 4.69) is 28.5 Å². The van der Waals surface area contributed by atoms with E-state index in [9.17, 15) is 4.79 Å². The van der Waals surface area contributed by atoms with Gasteiger partial charge in [0.2, 0.25) is 0 Å². The van der Waals surface area contributed by atoms with Crippen molar-refractivity contribution in [3.8, 4) is 0 Å². The molecule has 0 unspecified atom stereocenters. The van der Waals surface area contributed by atoms with Crippen LogP contribution >= 0.6 is 0 Å². The zero-order valence-electron chi connectivity index (χ0n) is 14.1. The highest BCUT2D eigenvalue weighted by Crippen LogP contribution is 2.50. The number of fused-ring (bicyclic) bond motifs is 2. The van der Waals surface area contributed by atoms with Crippen LogP contribution in [0, 0.1) is 0 Å². The molecular weight excluding hydrogens is 300 g/mol. The summed E-state index contributed by atoms with van der Waals surface area (Å²) in [6.07, 6.45) is 10.4. The number of rotatable bonds is 3. The van der Waals surface area contributed by atoms with Crippen LogP contribution in [-0.2, 0) is 12.0 Å². The predicted molar refractivity (Wildman–Crippen MR) is 94.2 cm³/mol. The average molecular weight is 324 g/mol. The van der Waals surface area contributed by atoms with Gasteiger partial charge in [0, 0.05) is 42.6 Å². The lowest BCUT2D eigenvalue weighted by molar-refractivity contribution is 0.241. The van der Waals surface area contributed by atoms with Crippen LogP contribution < -0.4 is 10.2 Å². The summed E-state index contributed by atoms with van der Waals surface area (Å²) in [6.45, 7) is 3.58. The Bertz CT molecular complexity index is 719. The van der Waals surface area contributed by atoms with Gasteiger partial charge in [0.05, 0.1) is 6.33 Å². The number of urea groups is 1. The van der Waals surface area contributed by atoms with Crippen molar-refractivity contribution in [3.63, 3.8) is 0 Å². The minimum Gasteiger partial charge on any atom is -0.335 e. The normalized spacial score (nSPS) is 19.5. The third-order valence-electron chi connectivity index (χ3n) is 5.45. The second kappa shape index (κ2) is 5.96. The molecule has 2 aliphatic rings. The molecule has 0 radical (unpaired) electrons. The highest BCUT2D eigenvalue weighted by atomic mass is 16.2. The van der Waals surface area contributed by atoms with E-state index in [0.717, 1.165) is 18.8 Å². The lowest BCUT2D eigenvalue weighted by Crippen LogP contribution is -2.46. The van der Waals surface area contributed by atoms with Crippen molar-refractivity contribution in [1.82, 2.24) is 14.9 Å². The van der Waals surface area contributed by atoms with Crippen LogP contribution in [0.4, 0.5) is 10.5 Å². The molecule has 1 aromatic heterocycles. The third kappa shape index (κ3) is 2.58. The van der Waals surface area contributed by atoms with E-state index < -0.39 is 0 Å².